The summed E-state index contributed by atoms with van der Waals surface area (Å²) in [5, 5.41) is 9.32. The molecule has 1 aromatic heterocycles. The number of amides is 1. The highest BCUT2D eigenvalue weighted by Gasteiger charge is 2.24. The van der Waals surface area contributed by atoms with Crippen molar-refractivity contribution in [3.63, 3.8) is 0 Å². The predicted octanol–water partition coefficient (Wildman–Crippen LogP) is 2.63. The van der Waals surface area contributed by atoms with Crippen LogP contribution >= 0.6 is 0 Å². The summed E-state index contributed by atoms with van der Waals surface area (Å²) in [5.74, 6) is 0.573. The Bertz CT molecular complexity index is 612. The van der Waals surface area contributed by atoms with E-state index in [0.29, 0.717) is 5.75 Å². The molecule has 5 heteroatoms. The highest BCUT2D eigenvalue weighted by molar-refractivity contribution is 5.91. The molecule has 102 valence electrons. The first-order chi connectivity index (χ1) is 9.67. The summed E-state index contributed by atoms with van der Waals surface area (Å²) in [6.45, 7) is 0. The molecule has 1 aromatic carbocycles. The summed E-state index contributed by atoms with van der Waals surface area (Å²) >= 11 is 0. The van der Waals surface area contributed by atoms with Gasteiger partial charge >= 0.3 is 0 Å². The summed E-state index contributed by atoms with van der Waals surface area (Å²) < 4.78 is 10.1. The van der Waals surface area contributed by atoms with Gasteiger partial charge in [-0.15, -0.1) is 0 Å². The maximum absolute atomic E-state index is 12.2. The molecule has 2 aromatic rings. The average molecular weight is 270 g/mol. The van der Waals surface area contributed by atoms with Gasteiger partial charge in [-0.2, -0.15) is 5.26 Å². The second kappa shape index (κ2) is 5.93. The first-order valence-corrected chi connectivity index (χ1v) is 6.01. The number of nitrogens with zero attached hydrogens (tertiary/aromatic N) is 2. The van der Waals surface area contributed by atoms with Crippen molar-refractivity contribution in [2.45, 2.75) is 6.04 Å². The Hall–Kier alpha value is -2.74. The number of furan rings is 1. The van der Waals surface area contributed by atoms with E-state index in [2.05, 4.69) is 6.07 Å². The molecule has 0 aliphatic heterocycles. The van der Waals surface area contributed by atoms with Crippen LogP contribution in [0.15, 0.2) is 47.1 Å². The fourth-order valence-electron chi connectivity index (χ4n) is 1.86. The van der Waals surface area contributed by atoms with Gasteiger partial charge in [0.05, 0.1) is 19.4 Å². The van der Waals surface area contributed by atoms with Gasteiger partial charge in [0.15, 0.2) is 5.76 Å². The molecule has 0 N–H and O–H groups in total. The third kappa shape index (κ3) is 2.64. The monoisotopic (exact) mass is 270 g/mol. The highest BCUT2D eigenvalue weighted by Crippen LogP contribution is 2.23. The minimum atomic E-state index is -0.682. The number of hydrogen-bond acceptors (Lipinski definition) is 4. The molecule has 0 aliphatic rings. The molecule has 0 aliphatic carbocycles. The molecule has 0 fully saturated rings. The van der Waals surface area contributed by atoms with Crippen molar-refractivity contribution >= 4 is 5.91 Å². The van der Waals surface area contributed by atoms with Crippen LogP contribution in [0.2, 0.25) is 0 Å². The smallest absolute Gasteiger partial charge is 0.290 e. The Morgan fingerprint density at radius 1 is 1.35 bits per heavy atom. The van der Waals surface area contributed by atoms with E-state index < -0.39 is 6.04 Å². The number of nitriles is 1. The third-order valence-electron chi connectivity index (χ3n) is 2.99. The van der Waals surface area contributed by atoms with E-state index in [1.807, 2.05) is 0 Å². The van der Waals surface area contributed by atoms with E-state index in [1.165, 1.54) is 11.2 Å². The summed E-state index contributed by atoms with van der Waals surface area (Å²) in [4.78, 5) is 13.5. The van der Waals surface area contributed by atoms with Gasteiger partial charge in [0.25, 0.3) is 5.91 Å². The zero-order chi connectivity index (χ0) is 14.5. The molecule has 1 unspecified atom stereocenters. The fourth-order valence-corrected chi connectivity index (χ4v) is 1.86. The zero-order valence-electron chi connectivity index (χ0n) is 11.2. The van der Waals surface area contributed by atoms with Crippen LogP contribution in [-0.4, -0.2) is 25.0 Å². The maximum Gasteiger partial charge on any atom is 0.290 e. The highest BCUT2D eigenvalue weighted by atomic mass is 16.5. The van der Waals surface area contributed by atoms with Crippen LogP contribution in [0, 0.1) is 11.3 Å². The molecule has 1 heterocycles. The van der Waals surface area contributed by atoms with Crippen LogP contribution in [0.5, 0.6) is 5.75 Å². The van der Waals surface area contributed by atoms with Gasteiger partial charge < -0.3 is 14.1 Å². The van der Waals surface area contributed by atoms with Crippen molar-refractivity contribution in [1.29, 1.82) is 5.26 Å². The minimum Gasteiger partial charge on any atom is -0.497 e. The average Bonchev–Trinajstić information content (AvgIpc) is 3.02. The van der Waals surface area contributed by atoms with Crippen molar-refractivity contribution in [1.82, 2.24) is 4.90 Å². The van der Waals surface area contributed by atoms with Crippen LogP contribution in [-0.2, 0) is 0 Å². The van der Waals surface area contributed by atoms with Crippen LogP contribution in [0.25, 0.3) is 0 Å². The summed E-state index contributed by atoms with van der Waals surface area (Å²) in [6.07, 6.45) is 1.43. The minimum absolute atomic E-state index is 0.210. The second-order valence-corrected chi connectivity index (χ2v) is 4.20. The first-order valence-electron chi connectivity index (χ1n) is 6.01. The molecule has 2 rings (SSSR count). The SMILES string of the molecule is COc1ccc(C(C#N)N(C)C(=O)c2ccco2)cc1. The molecule has 5 nitrogen and oxygen atoms in total. The summed E-state index contributed by atoms with van der Waals surface area (Å²) in [6, 6.07) is 11.7. The quantitative estimate of drug-likeness (QED) is 0.856. The Morgan fingerprint density at radius 2 is 2.05 bits per heavy atom. The third-order valence-corrected chi connectivity index (χ3v) is 2.99. The Labute approximate surface area is 117 Å². The lowest BCUT2D eigenvalue weighted by Gasteiger charge is -2.22. The number of benzene rings is 1. The number of methoxy groups -OCH3 is 1. The lowest BCUT2D eigenvalue weighted by molar-refractivity contribution is 0.0731. The first kappa shape index (κ1) is 13.7. The topological polar surface area (TPSA) is 66.5 Å². The molecular formula is C15H14N2O3. The van der Waals surface area contributed by atoms with Gasteiger partial charge in [-0.1, -0.05) is 12.1 Å². The lowest BCUT2D eigenvalue weighted by atomic mass is 10.1. The predicted molar refractivity (Wildman–Crippen MR) is 72.1 cm³/mol. The van der Waals surface area contributed by atoms with Crippen LogP contribution in [0.4, 0.5) is 0 Å². The van der Waals surface area contributed by atoms with Crippen molar-refractivity contribution < 1.29 is 13.9 Å². The number of hydrogen-bond donors (Lipinski definition) is 0. The Balaban J connectivity index is 2.23. The Kier molecular flexibility index (Phi) is 4.06. The van der Waals surface area contributed by atoms with E-state index >= 15 is 0 Å². The van der Waals surface area contributed by atoms with E-state index in [0.717, 1.165) is 5.56 Å². The molecular weight excluding hydrogens is 256 g/mol. The van der Waals surface area contributed by atoms with Gasteiger partial charge in [0.1, 0.15) is 11.8 Å². The Morgan fingerprint density at radius 3 is 2.55 bits per heavy atom. The van der Waals surface area contributed by atoms with Crippen molar-refractivity contribution in [3.8, 4) is 11.8 Å². The van der Waals surface area contributed by atoms with Gasteiger partial charge in [-0.25, -0.2) is 0 Å². The number of rotatable bonds is 4. The van der Waals surface area contributed by atoms with Crippen LogP contribution < -0.4 is 4.74 Å². The van der Waals surface area contributed by atoms with E-state index in [9.17, 15) is 10.1 Å². The molecule has 0 spiro atoms. The van der Waals surface area contributed by atoms with Gasteiger partial charge in [-0.05, 0) is 29.8 Å². The van der Waals surface area contributed by atoms with Gasteiger partial charge in [0, 0.05) is 7.05 Å². The molecule has 1 atom stereocenters. The largest absolute Gasteiger partial charge is 0.497 e. The molecule has 0 saturated carbocycles. The second-order valence-electron chi connectivity index (χ2n) is 4.20. The van der Waals surface area contributed by atoms with Gasteiger partial charge in [-0.3, -0.25) is 4.79 Å². The molecule has 0 saturated heterocycles. The van der Waals surface area contributed by atoms with Crippen LogP contribution in [0.1, 0.15) is 22.2 Å². The van der Waals surface area contributed by atoms with E-state index in [1.54, 1.807) is 50.6 Å². The number of carbonyl (C=O) groups excluding carboxylic acids is 1. The number of carbonyl (C=O) groups is 1. The van der Waals surface area contributed by atoms with E-state index in [4.69, 9.17) is 9.15 Å². The normalized spacial score (nSPS) is 11.4. The fraction of sp³-hybridized carbons (Fsp3) is 0.200. The van der Waals surface area contributed by atoms with Crippen molar-refractivity contribution in [2.75, 3.05) is 14.2 Å². The lowest BCUT2D eigenvalue weighted by Crippen LogP contribution is -2.30. The number of ether oxygens (including phenoxy) is 1. The van der Waals surface area contributed by atoms with Gasteiger partial charge in [0.2, 0.25) is 0 Å². The van der Waals surface area contributed by atoms with Crippen molar-refractivity contribution in [2.24, 2.45) is 0 Å². The van der Waals surface area contributed by atoms with E-state index in [-0.39, 0.29) is 11.7 Å². The summed E-state index contributed by atoms with van der Waals surface area (Å²) in [5.41, 5.74) is 0.718. The molecule has 1 amide bonds. The van der Waals surface area contributed by atoms with Crippen LogP contribution in [0.3, 0.4) is 0 Å². The maximum atomic E-state index is 12.2. The standard InChI is InChI=1S/C15H14N2O3/c1-17(15(18)14-4-3-9-20-14)13(10-16)11-5-7-12(19-2)8-6-11/h3-9,13H,1-2H3. The zero-order valence-corrected chi connectivity index (χ0v) is 11.2. The molecule has 20 heavy (non-hydrogen) atoms. The molecule has 0 bridgehead atoms. The molecule has 0 radical (unpaired) electrons. The summed E-state index contributed by atoms with van der Waals surface area (Å²) in [7, 11) is 3.15. The van der Waals surface area contributed by atoms with Crippen molar-refractivity contribution in [3.05, 3.63) is 54.0 Å².